The van der Waals surface area contributed by atoms with E-state index >= 15 is 0 Å². The van der Waals surface area contributed by atoms with E-state index in [0.29, 0.717) is 5.56 Å². The van der Waals surface area contributed by atoms with E-state index in [1.807, 2.05) is 0 Å². The zero-order valence-corrected chi connectivity index (χ0v) is 12.2. The van der Waals surface area contributed by atoms with Crippen molar-refractivity contribution in [1.82, 2.24) is 4.72 Å². The van der Waals surface area contributed by atoms with E-state index in [-0.39, 0.29) is 35.8 Å². The number of hydrogen-bond donors (Lipinski definition) is 2. The van der Waals surface area contributed by atoms with Crippen molar-refractivity contribution in [2.45, 2.75) is 30.7 Å². The number of nitrogens with one attached hydrogen (secondary N) is 1. The van der Waals surface area contributed by atoms with Crippen LogP contribution in [0.15, 0.2) is 23.1 Å². The summed E-state index contributed by atoms with van der Waals surface area (Å²) in [6.45, 7) is 1.81. The van der Waals surface area contributed by atoms with E-state index in [2.05, 4.69) is 4.72 Å². The molecule has 1 aliphatic carbocycles. The van der Waals surface area contributed by atoms with Crippen LogP contribution >= 0.6 is 12.4 Å². The van der Waals surface area contributed by atoms with Crippen LogP contribution in [-0.4, -0.2) is 21.0 Å². The SMILES string of the molecule is Cc1cccc(F)c1S(=O)(=O)NC(CN)C1CC1.Cl. The van der Waals surface area contributed by atoms with Gasteiger partial charge in [-0.15, -0.1) is 12.4 Å². The van der Waals surface area contributed by atoms with Crippen molar-refractivity contribution in [1.29, 1.82) is 0 Å². The minimum atomic E-state index is -3.84. The monoisotopic (exact) mass is 308 g/mol. The fourth-order valence-electron chi connectivity index (χ4n) is 2.05. The average Bonchev–Trinajstić information content (AvgIpc) is 3.09. The third-order valence-corrected chi connectivity index (χ3v) is 4.85. The Labute approximate surface area is 119 Å². The van der Waals surface area contributed by atoms with Crippen LogP contribution in [0.3, 0.4) is 0 Å². The molecule has 0 amide bonds. The van der Waals surface area contributed by atoms with Crippen LogP contribution in [0, 0.1) is 18.7 Å². The fourth-order valence-corrected chi connectivity index (χ4v) is 3.67. The predicted molar refractivity (Wildman–Crippen MR) is 74.3 cm³/mol. The van der Waals surface area contributed by atoms with E-state index in [9.17, 15) is 12.8 Å². The smallest absolute Gasteiger partial charge is 0.244 e. The van der Waals surface area contributed by atoms with Gasteiger partial charge in [0.2, 0.25) is 10.0 Å². The number of benzene rings is 1. The van der Waals surface area contributed by atoms with Gasteiger partial charge in [-0.3, -0.25) is 0 Å². The van der Waals surface area contributed by atoms with Crippen molar-refractivity contribution in [2.24, 2.45) is 11.7 Å². The van der Waals surface area contributed by atoms with Crippen LogP contribution in [0.2, 0.25) is 0 Å². The Morgan fingerprint density at radius 3 is 2.58 bits per heavy atom. The molecular formula is C12H18ClFN2O2S. The number of nitrogens with two attached hydrogens (primary N) is 1. The van der Waals surface area contributed by atoms with E-state index in [1.54, 1.807) is 13.0 Å². The summed E-state index contributed by atoms with van der Waals surface area (Å²) in [5, 5.41) is 0. The van der Waals surface area contributed by atoms with Crippen molar-refractivity contribution >= 4 is 22.4 Å². The van der Waals surface area contributed by atoms with Crippen LogP contribution in [0.1, 0.15) is 18.4 Å². The Bertz CT molecular complexity index is 526. The lowest BCUT2D eigenvalue weighted by molar-refractivity contribution is 0.510. The molecule has 0 saturated heterocycles. The van der Waals surface area contributed by atoms with Gasteiger partial charge in [0.25, 0.3) is 0 Å². The van der Waals surface area contributed by atoms with Gasteiger partial charge in [0.1, 0.15) is 10.7 Å². The molecule has 3 N–H and O–H groups in total. The summed E-state index contributed by atoms with van der Waals surface area (Å²) >= 11 is 0. The second kappa shape index (κ2) is 6.17. The summed E-state index contributed by atoms with van der Waals surface area (Å²) in [6.07, 6.45) is 1.95. The minimum Gasteiger partial charge on any atom is -0.329 e. The molecule has 0 aliphatic heterocycles. The maximum Gasteiger partial charge on any atom is 0.244 e. The lowest BCUT2D eigenvalue weighted by atomic mass is 10.2. The van der Waals surface area contributed by atoms with Gasteiger partial charge in [-0.05, 0) is 37.3 Å². The molecule has 0 bridgehead atoms. The number of aryl methyl sites for hydroxylation is 1. The van der Waals surface area contributed by atoms with E-state index in [4.69, 9.17) is 5.73 Å². The first-order valence-electron chi connectivity index (χ1n) is 5.93. The van der Waals surface area contributed by atoms with Crippen molar-refractivity contribution in [3.63, 3.8) is 0 Å². The Morgan fingerprint density at radius 2 is 2.11 bits per heavy atom. The minimum absolute atomic E-state index is 0. The Morgan fingerprint density at radius 1 is 1.47 bits per heavy atom. The molecule has 1 atom stereocenters. The molecule has 1 aromatic rings. The summed E-state index contributed by atoms with van der Waals surface area (Å²) in [6, 6.07) is 3.92. The third-order valence-electron chi connectivity index (χ3n) is 3.18. The molecule has 1 unspecified atom stereocenters. The molecule has 19 heavy (non-hydrogen) atoms. The molecular weight excluding hydrogens is 291 g/mol. The highest BCUT2D eigenvalue weighted by molar-refractivity contribution is 7.89. The van der Waals surface area contributed by atoms with Gasteiger partial charge in [-0.2, -0.15) is 0 Å². The van der Waals surface area contributed by atoms with E-state index in [1.165, 1.54) is 6.07 Å². The van der Waals surface area contributed by atoms with Crippen molar-refractivity contribution in [3.05, 3.63) is 29.6 Å². The van der Waals surface area contributed by atoms with E-state index < -0.39 is 15.8 Å². The highest BCUT2D eigenvalue weighted by atomic mass is 35.5. The van der Waals surface area contributed by atoms with Crippen LogP contribution in [0.4, 0.5) is 4.39 Å². The molecule has 0 spiro atoms. The first-order valence-corrected chi connectivity index (χ1v) is 7.41. The van der Waals surface area contributed by atoms with Crippen molar-refractivity contribution < 1.29 is 12.8 Å². The highest BCUT2D eigenvalue weighted by Gasteiger charge is 2.34. The molecule has 1 aromatic carbocycles. The van der Waals surface area contributed by atoms with Crippen LogP contribution in [0.5, 0.6) is 0 Å². The standard InChI is InChI=1S/C12H17FN2O2S.ClH/c1-8-3-2-4-10(13)12(8)18(16,17)15-11(7-14)9-5-6-9;/h2-4,9,11,15H,5-7,14H2,1H3;1H. The van der Waals surface area contributed by atoms with Gasteiger partial charge >= 0.3 is 0 Å². The first kappa shape index (κ1) is 16.4. The zero-order valence-electron chi connectivity index (χ0n) is 10.6. The Balaban J connectivity index is 0.00000180. The summed E-state index contributed by atoms with van der Waals surface area (Å²) in [5.74, 6) is -0.439. The number of rotatable bonds is 5. The average molecular weight is 309 g/mol. The second-order valence-corrected chi connectivity index (χ2v) is 6.34. The highest BCUT2D eigenvalue weighted by Crippen LogP contribution is 2.33. The van der Waals surface area contributed by atoms with Gasteiger partial charge in [-0.1, -0.05) is 12.1 Å². The van der Waals surface area contributed by atoms with Gasteiger partial charge in [0, 0.05) is 12.6 Å². The second-order valence-electron chi connectivity index (χ2n) is 4.69. The summed E-state index contributed by atoms with van der Waals surface area (Å²) in [5.41, 5.74) is 5.95. The quantitative estimate of drug-likeness (QED) is 0.867. The van der Waals surface area contributed by atoms with Crippen LogP contribution in [-0.2, 0) is 10.0 Å². The molecule has 0 heterocycles. The first-order chi connectivity index (χ1) is 8.45. The molecule has 1 aliphatic rings. The predicted octanol–water partition coefficient (Wildman–Crippen LogP) is 1.57. The molecule has 2 rings (SSSR count). The number of hydrogen-bond acceptors (Lipinski definition) is 3. The summed E-state index contributed by atoms with van der Waals surface area (Å²) < 4.78 is 40.5. The molecule has 1 fully saturated rings. The summed E-state index contributed by atoms with van der Waals surface area (Å²) in [7, 11) is -3.84. The molecule has 7 heteroatoms. The molecule has 4 nitrogen and oxygen atoms in total. The fraction of sp³-hybridized carbons (Fsp3) is 0.500. The van der Waals surface area contributed by atoms with Gasteiger partial charge < -0.3 is 5.73 Å². The molecule has 108 valence electrons. The zero-order chi connectivity index (χ0) is 13.3. The normalized spacial score (nSPS) is 16.8. The van der Waals surface area contributed by atoms with Crippen molar-refractivity contribution in [2.75, 3.05) is 6.54 Å². The number of halogens is 2. The maximum absolute atomic E-state index is 13.7. The Kier molecular flexibility index (Phi) is 5.32. The third kappa shape index (κ3) is 3.66. The molecule has 1 saturated carbocycles. The van der Waals surface area contributed by atoms with Crippen LogP contribution in [0.25, 0.3) is 0 Å². The van der Waals surface area contributed by atoms with Gasteiger partial charge in [0.15, 0.2) is 0 Å². The maximum atomic E-state index is 13.7. The lowest BCUT2D eigenvalue weighted by Gasteiger charge is -2.17. The lowest BCUT2D eigenvalue weighted by Crippen LogP contribution is -2.42. The molecule has 0 aromatic heterocycles. The molecule has 0 radical (unpaired) electrons. The number of sulfonamides is 1. The summed E-state index contributed by atoms with van der Waals surface area (Å²) in [4.78, 5) is -0.274. The van der Waals surface area contributed by atoms with E-state index in [0.717, 1.165) is 18.9 Å². The Hall–Kier alpha value is -0.690. The topological polar surface area (TPSA) is 72.2 Å². The van der Waals surface area contributed by atoms with Gasteiger partial charge in [0.05, 0.1) is 0 Å². The van der Waals surface area contributed by atoms with Crippen molar-refractivity contribution in [3.8, 4) is 0 Å². The largest absolute Gasteiger partial charge is 0.329 e. The van der Waals surface area contributed by atoms with Crippen LogP contribution < -0.4 is 10.5 Å². The van der Waals surface area contributed by atoms with Gasteiger partial charge in [-0.25, -0.2) is 17.5 Å².